The fourth-order valence-electron chi connectivity index (χ4n) is 2.78. The van der Waals surface area contributed by atoms with Crippen LogP contribution in [0.2, 0.25) is 0 Å². The van der Waals surface area contributed by atoms with Crippen LogP contribution in [0.25, 0.3) is 0 Å². The van der Waals surface area contributed by atoms with Gasteiger partial charge in [-0.05, 0) is 42.5 Å². The first-order chi connectivity index (χ1) is 12.9. The van der Waals surface area contributed by atoms with Crippen LogP contribution in [0.15, 0.2) is 61.1 Å². The Hall–Kier alpha value is -3.19. The third kappa shape index (κ3) is 4.07. The normalized spacial score (nSPS) is 14.1. The molecule has 7 nitrogen and oxygen atoms in total. The van der Waals surface area contributed by atoms with Crippen LogP contribution in [0, 0.1) is 0 Å². The monoisotopic (exact) mass is 348 g/mol. The lowest BCUT2D eigenvalue weighted by atomic mass is 10.2. The second-order valence-electron chi connectivity index (χ2n) is 5.90. The molecule has 2 aromatic heterocycles. The lowest BCUT2D eigenvalue weighted by Gasteiger charge is -2.28. The van der Waals surface area contributed by atoms with Gasteiger partial charge in [0.15, 0.2) is 0 Å². The average molecular weight is 348 g/mol. The van der Waals surface area contributed by atoms with Crippen LogP contribution in [0.4, 0.5) is 28.8 Å². The molecule has 1 aromatic carbocycles. The minimum atomic E-state index is 0.533. The van der Waals surface area contributed by atoms with E-state index in [1.807, 2.05) is 18.2 Å². The van der Waals surface area contributed by atoms with E-state index in [0.29, 0.717) is 5.95 Å². The molecule has 0 spiro atoms. The molecule has 132 valence electrons. The zero-order chi connectivity index (χ0) is 17.6. The van der Waals surface area contributed by atoms with Gasteiger partial charge in [0.1, 0.15) is 5.82 Å². The highest BCUT2D eigenvalue weighted by molar-refractivity contribution is 5.62. The zero-order valence-corrected chi connectivity index (χ0v) is 14.3. The smallest absolute Gasteiger partial charge is 0.229 e. The molecule has 0 bridgehead atoms. The lowest BCUT2D eigenvalue weighted by Crippen LogP contribution is -2.36. The summed E-state index contributed by atoms with van der Waals surface area (Å²) in [6, 6.07) is 13.9. The number of hydrogen-bond donors (Lipinski definition) is 2. The zero-order valence-electron chi connectivity index (χ0n) is 14.3. The fourth-order valence-corrected chi connectivity index (χ4v) is 2.78. The van der Waals surface area contributed by atoms with Gasteiger partial charge in [-0.3, -0.25) is 4.98 Å². The molecule has 2 N–H and O–H groups in total. The largest absolute Gasteiger partial charge is 0.378 e. The summed E-state index contributed by atoms with van der Waals surface area (Å²) in [5.74, 6) is 1.27. The van der Waals surface area contributed by atoms with Gasteiger partial charge in [0.2, 0.25) is 5.95 Å². The van der Waals surface area contributed by atoms with Crippen molar-refractivity contribution in [1.82, 2.24) is 15.0 Å². The highest BCUT2D eigenvalue weighted by Gasteiger charge is 2.10. The van der Waals surface area contributed by atoms with E-state index >= 15 is 0 Å². The first-order valence-corrected chi connectivity index (χ1v) is 8.57. The number of aromatic nitrogens is 3. The highest BCUT2D eigenvalue weighted by atomic mass is 16.5. The van der Waals surface area contributed by atoms with Crippen molar-refractivity contribution in [2.24, 2.45) is 0 Å². The van der Waals surface area contributed by atoms with Gasteiger partial charge in [0.25, 0.3) is 0 Å². The number of rotatable bonds is 5. The van der Waals surface area contributed by atoms with Gasteiger partial charge < -0.3 is 20.3 Å². The van der Waals surface area contributed by atoms with E-state index in [4.69, 9.17) is 4.74 Å². The summed E-state index contributed by atoms with van der Waals surface area (Å²) in [5.41, 5.74) is 3.09. The number of benzene rings is 1. The molecule has 1 aliphatic heterocycles. The summed E-state index contributed by atoms with van der Waals surface area (Å²) in [7, 11) is 0. The van der Waals surface area contributed by atoms with Gasteiger partial charge in [-0.2, -0.15) is 4.98 Å². The predicted octanol–water partition coefficient (Wildman–Crippen LogP) is 3.20. The number of anilines is 5. The Bertz CT molecular complexity index is 834. The SMILES string of the molecule is c1cc(Nc2nccc(Nc3ccc(N4CCOCC4)cc3)n2)ccn1. The van der Waals surface area contributed by atoms with Gasteiger partial charge in [0, 0.05) is 48.7 Å². The summed E-state index contributed by atoms with van der Waals surface area (Å²) >= 11 is 0. The molecule has 0 unspecified atom stereocenters. The van der Waals surface area contributed by atoms with Crippen LogP contribution >= 0.6 is 0 Å². The van der Waals surface area contributed by atoms with E-state index < -0.39 is 0 Å². The summed E-state index contributed by atoms with van der Waals surface area (Å²) in [5, 5.41) is 6.48. The number of pyridine rings is 1. The van der Waals surface area contributed by atoms with E-state index in [-0.39, 0.29) is 0 Å². The van der Waals surface area contributed by atoms with E-state index in [0.717, 1.165) is 43.5 Å². The molecule has 0 radical (unpaired) electrons. The molecule has 0 aliphatic carbocycles. The second-order valence-corrected chi connectivity index (χ2v) is 5.90. The molecule has 0 saturated carbocycles. The van der Waals surface area contributed by atoms with Crippen molar-refractivity contribution in [1.29, 1.82) is 0 Å². The van der Waals surface area contributed by atoms with Gasteiger partial charge in [-0.25, -0.2) is 4.98 Å². The second kappa shape index (κ2) is 7.79. The van der Waals surface area contributed by atoms with Crippen LogP contribution in [0.5, 0.6) is 0 Å². The molecule has 4 rings (SSSR count). The molecule has 3 aromatic rings. The van der Waals surface area contributed by atoms with E-state index in [1.54, 1.807) is 18.6 Å². The third-order valence-electron chi connectivity index (χ3n) is 4.11. The molecule has 7 heteroatoms. The first-order valence-electron chi connectivity index (χ1n) is 8.57. The quantitative estimate of drug-likeness (QED) is 0.733. The van der Waals surface area contributed by atoms with Gasteiger partial charge >= 0.3 is 0 Å². The maximum absolute atomic E-state index is 5.40. The Morgan fingerprint density at radius 1 is 0.808 bits per heavy atom. The third-order valence-corrected chi connectivity index (χ3v) is 4.11. The van der Waals surface area contributed by atoms with Crippen molar-refractivity contribution >= 4 is 28.8 Å². The molecule has 0 atom stereocenters. The highest BCUT2D eigenvalue weighted by Crippen LogP contribution is 2.22. The predicted molar refractivity (Wildman–Crippen MR) is 102 cm³/mol. The number of ether oxygens (including phenoxy) is 1. The molecule has 26 heavy (non-hydrogen) atoms. The van der Waals surface area contributed by atoms with Crippen LogP contribution in [0.3, 0.4) is 0 Å². The minimum Gasteiger partial charge on any atom is -0.378 e. The van der Waals surface area contributed by atoms with E-state index in [9.17, 15) is 0 Å². The molecular weight excluding hydrogens is 328 g/mol. The van der Waals surface area contributed by atoms with Crippen molar-refractivity contribution < 1.29 is 4.74 Å². The number of nitrogens with zero attached hydrogens (tertiary/aromatic N) is 4. The van der Waals surface area contributed by atoms with Crippen LogP contribution < -0.4 is 15.5 Å². The van der Waals surface area contributed by atoms with Crippen molar-refractivity contribution in [2.75, 3.05) is 41.8 Å². The number of morpholine rings is 1. The topological polar surface area (TPSA) is 75.2 Å². The fraction of sp³-hybridized carbons (Fsp3) is 0.211. The molecular formula is C19H20N6O. The molecule has 3 heterocycles. The molecule has 1 saturated heterocycles. The van der Waals surface area contributed by atoms with Crippen LogP contribution in [0.1, 0.15) is 0 Å². The molecule has 1 fully saturated rings. The maximum Gasteiger partial charge on any atom is 0.229 e. The van der Waals surface area contributed by atoms with Crippen molar-refractivity contribution in [2.45, 2.75) is 0 Å². The molecule has 0 amide bonds. The lowest BCUT2D eigenvalue weighted by molar-refractivity contribution is 0.122. The first kappa shape index (κ1) is 16.3. The Labute approximate surface area is 152 Å². The van der Waals surface area contributed by atoms with Gasteiger partial charge in [-0.15, -0.1) is 0 Å². The summed E-state index contributed by atoms with van der Waals surface area (Å²) < 4.78 is 5.40. The summed E-state index contributed by atoms with van der Waals surface area (Å²) in [6.07, 6.45) is 5.17. The van der Waals surface area contributed by atoms with Gasteiger partial charge in [-0.1, -0.05) is 0 Å². The molecule has 1 aliphatic rings. The summed E-state index contributed by atoms with van der Waals surface area (Å²) in [6.45, 7) is 3.44. The Balaban J connectivity index is 1.43. The Morgan fingerprint density at radius 2 is 1.54 bits per heavy atom. The standard InChI is InChI=1S/C19H20N6O/c1-3-17(25-11-13-26-14-12-25)4-2-15(1)22-18-7-10-21-19(24-18)23-16-5-8-20-9-6-16/h1-10H,11-14H2,(H2,20,21,22,23,24). The van der Waals surface area contributed by atoms with Crippen molar-refractivity contribution in [3.05, 3.63) is 61.1 Å². The Morgan fingerprint density at radius 3 is 2.31 bits per heavy atom. The number of nitrogens with one attached hydrogen (secondary N) is 2. The maximum atomic E-state index is 5.40. The van der Waals surface area contributed by atoms with Gasteiger partial charge in [0.05, 0.1) is 13.2 Å². The summed E-state index contributed by atoms with van der Waals surface area (Å²) in [4.78, 5) is 15.1. The Kier molecular flexibility index (Phi) is 4.88. The average Bonchev–Trinajstić information content (AvgIpc) is 2.70. The number of hydrogen-bond acceptors (Lipinski definition) is 7. The van der Waals surface area contributed by atoms with Crippen molar-refractivity contribution in [3.8, 4) is 0 Å². The van der Waals surface area contributed by atoms with Crippen LogP contribution in [-0.4, -0.2) is 41.3 Å². The van der Waals surface area contributed by atoms with E-state index in [2.05, 4.69) is 54.8 Å². The van der Waals surface area contributed by atoms with E-state index in [1.165, 1.54) is 5.69 Å². The van der Waals surface area contributed by atoms with Crippen molar-refractivity contribution in [3.63, 3.8) is 0 Å². The van der Waals surface area contributed by atoms with Crippen LogP contribution in [-0.2, 0) is 4.74 Å². The minimum absolute atomic E-state index is 0.533.